The Labute approximate surface area is 280 Å². The highest BCUT2D eigenvalue weighted by Crippen LogP contribution is 2.42. The Morgan fingerprint density at radius 1 is 0.524 bits per heavy atom. The first-order valence-corrected chi connectivity index (χ1v) is 19.6. The van der Waals surface area contributed by atoms with Gasteiger partial charge in [-0.1, -0.05) is 129 Å². The Hall–Kier alpha value is -0.700. The fraction of sp³-hybridized carbons (Fsp3) is 0.706. The van der Waals surface area contributed by atoms with Crippen molar-refractivity contribution in [3.63, 3.8) is 0 Å². The first-order chi connectivity index (χ1) is 20.5. The van der Waals surface area contributed by atoms with Gasteiger partial charge in [0, 0.05) is 9.75 Å². The van der Waals surface area contributed by atoms with E-state index in [2.05, 4.69) is 45.7 Å². The van der Waals surface area contributed by atoms with E-state index in [9.17, 15) is 9.59 Å². The smallest absolute Gasteiger partial charge is 0.340 e. The zero-order valence-corrected chi connectivity index (χ0v) is 30.7. The van der Waals surface area contributed by atoms with Crippen LogP contribution in [0.3, 0.4) is 0 Å². The van der Waals surface area contributed by atoms with Gasteiger partial charge in [-0.25, -0.2) is 9.59 Å². The zero-order valence-electron chi connectivity index (χ0n) is 25.9. The maximum Gasteiger partial charge on any atom is 0.340 e. The minimum atomic E-state index is -0.299. The highest BCUT2D eigenvalue weighted by atomic mass is 79.9. The van der Waals surface area contributed by atoms with E-state index in [1.54, 1.807) is 0 Å². The molecule has 0 radical (unpaired) electrons. The minimum absolute atomic E-state index is 0.299. The topological polar surface area (TPSA) is 52.6 Å². The molecule has 0 N–H and O–H groups in total. The third kappa shape index (κ3) is 15.3. The second-order valence-electron chi connectivity index (χ2n) is 11.2. The lowest BCUT2D eigenvalue weighted by Crippen LogP contribution is -2.06. The van der Waals surface area contributed by atoms with E-state index in [0.29, 0.717) is 24.3 Å². The minimum Gasteiger partial charge on any atom is -0.462 e. The molecule has 2 heterocycles. The van der Waals surface area contributed by atoms with Crippen molar-refractivity contribution in [2.24, 2.45) is 0 Å². The van der Waals surface area contributed by atoms with E-state index in [4.69, 9.17) is 9.47 Å². The van der Waals surface area contributed by atoms with Crippen molar-refractivity contribution in [3.05, 3.63) is 30.8 Å². The Balaban J connectivity index is 1.67. The molecule has 0 saturated carbocycles. The standard InChI is InChI=1S/C34H52Br2O4S2/c1-3-5-7-9-11-13-15-17-19-21-23-39-33(37)27-25-29(41-31(27)35)30-26-28(32(36)42-30)34(38)40-24-22-20-18-16-14-12-10-8-6-4-2/h25-26H,3-24H2,1-2H3. The zero-order chi connectivity index (χ0) is 30.4. The number of thiophene rings is 2. The normalized spacial score (nSPS) is 11.2. The summed E-state index contributed by atoms with van der Waals surface area (Å²) in [6, 6.07) is 3.71. The van der Waals surface area contributed by atoms with E-state index in [1.165, 1.54) is 125 Å². The molecule has 0 unspecified atom stereocenters. The van der Waals surface area contributed by atoms with Gasteiger partial charge in [0.1, 0.15) is 0 Å². The molecule has 0 amide bonds. The summed E-state index contributed by atoms with van der Waals surface area (Å²) in [6.45, 7) is 5.40. The molecule has 0 aliphatic rings. The van der Waals surface area contributed by atoms with Gasteiger partial charge in [-0.05, 0) is 56.8 Å². The molecule has 0 saturated heterocycles. The second kappa shape index (κ2) is 23.7. The quantitative estimate of drug-likeness (QED) is 0.0749. The van der Waals surface area contributed by atoms with Crippen LogP contribution in [0.15, 0.2) is 19.7 Å². The van der Waals surface area contributed by atoms with Crippen LogP contribution >= 0.6 is 54.5 Å². The van der Waals surface area contributed by atoms with E-state index < -0.39 is 0 Å². The largest absolute Gasteiger partial charge is 0.462 e. The average molecular weight is 749 g/mol. The average Bonchev–Trinajstić information content (AvgIpc) is 3.57. The molecule has 4 nitrogen and oxygen atoms in total. The number of ether oxygens (including phenoxy) is 2. The van der Waals surface area contributed by atoms with Gasteiger partial charge in [0.2, 0.25) is 0 Å². The number of hydrogen-bond acceptors (Lipinski definition) is 6. The van der Waals surface area contributed by atoms with Crippen molar-refractivity contribution >= 4 is 66.5 Å². The number of carbonyl (C=O) groups excluding carboxylic acids is 2. The summed E-state index contributed by atoms with van der Waals surface area (Å²) >= 11 is 10.0. The number of esters is 2. The molecular formula is C34H52Br2O4S2. The fourth-order valence-electron chi connectivity index (χ4n) is 4.92. The van der Waals surface area contributed by atoms with Crippen LogP contribution in [0.25, 0.3) is 9.75 Å². The number of carbonyl (C=O) groups is 2. The Morgan fingerprint density at radius 2 is 0.810 bits per heavy atom. The van der Waals surface area contributed by atoms with Crippen LogP contribution in [0, 0.1) is 0 Å². The Morgan fingerprint density at radius 3 is 1.12 bits per heavy atom. The van der Waals surface area contributed by atoms with Crippen LogP contribution in [0.1, 0.15) is 163 Å². The highest BCUT2D eigenvalue weighted by molar-refractivity contribution is 9.11. The number of halogens is 2. The third-order valence-electron chi connectivity index (χ3n) is 7.52. The lowest BCUT2D eigenvalue weighted by Gasteiger charge is -2.04. The number of hydrogen-bond donors (Lipinski definition) is 0. The monoisotopic (exact) mass is 746 g/mol. The molecule has 0 fully saturated rings. The summed E-state index contributed by atoms with van der Waals surface area (Å²) in [6.07, 6.45) is 25.0. The van der Waals surface area contributed by atoms with Crippen LogP contribution in [0.5, 0.6) is 0 Å². The van der Waals surface area contributed by atoms with Gasteiger partial charge in [0.15, 0.2) is 0 Å². The van der Waals surface area contributed by atoms with Crippen molar-refractivity contribution in [3.8, 4) is 9.75 Å². The van der Waals surface area contributed by atoms with Gasteiger partial charge < -0.3 is 9.47 Å². The molecule has 0 aliphatic heterocycles. The molecule has 8 heteroatoms. The maximum absolute atomic E-state index is 12.7. The van der Waals surface area contributed by atoms with Crippen molar-refractivity contribution < 1.29 is 19.1 Å². The summed E-state index contributed by atoms with van der Waals surface area (Å²) in [5.74, 6) is -0.598. The van der Waals surface area contributed by atoms with Crippen molar-refractivity contribution in [1.82, 2.24) is 0 Å². The van der Waals surface area contributed by atoms with E-state index in [0.717, 1.165) is 43.0 Å². The molecule has 0 aliphatic carbocycles. The predicted octanol–water partition coefficient (Wildman–Crippen LogP) is 13.2. The Kier molecular flexibility index (Phi) is 21.1. The van der Waals surface area contributed by atoms with Crippen LogP contribution in [0.2, 0.25) is 0 Å². The van der Waals surface area contributed by atoms with Gasteiger partial charge in [-0.3, -0.25) is 0 Å². The number of rotatable bonds is 25. The van der Waals surface area contributed by atoms with Crippen LogP contribution < -0.4 is 0 Å². The molecule has 0 aromatic carbocycles. The van der Waals surface area contributed by atoms with E-state index >= 15 is 0 Å². The van der Waals surface area contributed by atoms with Crippen molar-refractivity contribution in [2.75, 3.05) is 13.2 Å². The molecule has 42 heavy (non-hydrogen) atoms. The van der Waals surface area contributed by atoms with Crippen LogP contribution in [-0.4, -0.2) is 25.2 Å². The van der Waals surface area contributed by atoms with Gasteiger partial charge in [0.25, 0.3) is 0 Å². The predicted molar refractivity (Wildman–Crippen MR) is 187 cm³/mol. The van der Waals surface area contributed by atoms with Crippen LogP contribution in [-0.2, 0) is 9.47 Å². The molecule has 0 bridgehead atoms. The SMILES string of the molecule is CCCCCCCCCCCCOC(=O)c1cc(-c2cc(C(=O)OCCCCCCCCCCCC)c(Br)s2)sc1Br. The molecule has 2 rings (SSSR count). The number of unbranched alkanes of at least 4 members (excludes halogenated alkanes) is 18. The van der Waals surface area contributed by atoms with Crippen molar-refractivity contribution in [2.45, 2.75) is 142 Å². The Bertz CT molecular complexity index is 937. The molecule has 2 aromatic rings. The van der Waals surface area contributed by atoms with Crippen molar-refractivity contribution in [1.29, 1.82) is 0 Å². The summed E-state index contributed by atoms with van der Waals surface area (Å²) in [4.78, 5) is 27.3. The molecule has 0 spiro atoms. The lowest BCUT2D eigenvalue weighted by molar-refractivity contribution is 0.0488. The summed E-state index contributed by atoms with van der Waals surface area (Å²) in [7, 11) is 0. The third-order valence-corrected chi connectivity index (χ3v) is 11.4. The molecule has 2 aromatic heterocycles. The van der Waals surface area contributed by atoms with Gasteiger partial charge >= 0.3 is 11.9 Å². The summed E-state index contributed by atoms with van der Waals surface area (Å²) in [5.41, 5.74) is 1.08. The maximum atomic E-state index is 12.7. The van der Waals surface area contributed by atoms with Gasteiger partial charge in [0.05, 0.1) is 31.9 Å². The first kappa shape index (κ1) is 37.5. The van der Waals surface area contributed by atoms with E-state index in [-0.39, 0.29) is 11.9 Å². The molecule has 238 valence electrons. The lowest BCUT2D eigenvalue weighted by atomic mass is 10.1. The van der Waals surface area contributed by atoms with E-state index in [1.807, 2.05) is 12.1 Å². The van der Waals surface area contributed by atoms with Gasteiger partial charge in [-0.15, -0.1) is 22.7 Å². The van der Waals surface area contributed by atoms with Crippen LogP contribution in [0.4, 0.5) is 0 Å². The molecule has 0 atom stereocenters. The second-order valence-corrected chi connectivity index (χ2v) is 16.0. The summed E-state index contributed by atoms with van der Waals surface area (Å²) in [5, 5.41) is 0. The molecular weight excluding hydrogens is 696 g/mol. The highest BCUT2D eigenvalue weighted by Gasteiger charge is 2.21. The fourth-order valence-corrected chi connectivity index (χ4v) is 8.34. The summed E-state index contributed by atoms with van der Waals surface area (Å²) < 4.78 is 12.6. The van der Waals surface area contributed by atoms with Gasteiger partial charge in [-0.2, -0.15) is 0 Å². The first-order valence-electron chi connectivity index (χ1n) is 16.4.